The van der Waals surface area contributed by atoms with Gasteiger partial charge >= 0.3 is 6.18 Å². The highest BCUT2D eigenvalue weighted by atomic mass is 32.1. The van der Waals surface area contributed by atoms with E-state index in [4.69, 9.17) is 9.53 Å². The number of benzene rings is 2. The molecule has 7 nitrogen and oxygen atoms in total. The van der Waals surface area contributed by atoms with E-state index in [-0.39, 0.29) is 24.3 Å². The molecule has 37 heavy (non-hydrogen) atoms. The number of alkyl halides is 3. The van der Waals surface area contributed by atoms with Gasteiger partial charge < -0.3 is 15.8 Å². The van der Waals surface area contributed by atoms with Gasteiger partial charge in [0, 0.05) is 18.1 Å². The summed E-state index contributed by atoms with van der Waals surface area (Å²) in [5, 5.41) is 3.51. The Hall–Kier alpha value is -4.06. The monoisotopic (exact) mass is 532 g/mol. The van der Waals surface area contributed by atoms with Crippen molar-refractivity contribution >= 4 is 39.7 Å². The third kappa shape index (κ3) is 6.79. The first-order valence-electron chi connectivity index (χ1n) is 11.0. The number of nitrogens with zero attached hydrogens (tertiary/aromatic N) is 2. The highest BCUT2D eigenvalue weighted by molar-refractivity contribution is 7.18. The Morgan fingerprint density at radius 2 is 1.81 bits per heavy atom. The minimum absolute atomic E-state index is 0.107. The highest BCUT2D eigenvalue weighted by Gasteiger charge is 2.30. The van der Waals surface area contributed by atoms with Gasteiger partial charge in [-0.1, -0.05) is 23.5 Å². The smallest absolute Gasteiger partial charge is 0.416 e. The van der Waals surface area contributed by atoms with Crippen molar-refractivity contribution in [3.63, 3.8) is 0 Å². The number of halogens is 4. The number of nitrogens with one attached hydrogen (secondary N) is 1. The second kappa shape index (κ2) is 10.9. The van der Waals surface area contributed by atoms with Gasteiger partial charge in [0.2, 0.25) is 18.2 Å². The van der Waals surface area contributed by atoms with Crippen molar-refractivity contribution in [3.05, 3.63) is 76.5 Å². The van der Waals surface area contributed by atoms with Crippen molar-refractivity contribution in [2.75, 3.05) is 5.32 Å². The summed E-state index contributed by atoms with van der Waals surface area (Å²) in [7, 11) is 0. The number of amides is 2. The van der Waals surface area contributed by atoms with Gasteiger partial charge in [-0.05, 0) is 48.7 Å². The molecule has 12 heteroatoms. The Balaban J connectivity index is 0.00000102. The zero-order valence-electron chi connectivity index (χ0n) is 19.1. The number of carbonyl (C=O) groups is 2. The average molecular weight is 533 g/mol. The summed E-state index contributed by atoms with van der Waals surface area (Å²) in [6.45, 7) is 0. The van der Waals surface area contributed by atoms with E-state index in [1.54, 1.807) is 6.07 Å². The van der Waals surface area contributed by atoms with E-state index in [2.05, 4.69) is 21.0 Å². The van der Waals surface area contributed by atoms with Crippen LogP contribution >= 0.6 is 11.3 Å². The number of rotatable bonds is 6. The lowest BCUT2D eigenvalue weighted by atomic mass is 10.1. The van der Waals surface area contributed by atoms with Gasteiger partial charge in [0.1, 0.15) is 21.9 Å². The van der Waals surface area contributed by atoms with Crippen molar-refractivity contribution in [2.24, 2.45) is 5.73 Å². The lowest BCUT2D eigenvalue weighted by molar-refractivity contribution is -0.137. The molecule has 192 valence electrons. The minimum atomic E-state index is -4.46. The number of aromatic nitrogens is 2. The topological polar surface area (TPSA) is 107 Å². The second-order valence-corrected chi connectivity index (χ2v) is 9.11. The first kappa shape index (κ1) is 26.0. The maximum absolute atomic E-state index is 14.3. The molecule has 1 aliphatic rings. The lowest BCUT2D eigenvalue weighted by Gasteiger charge is -2.10. The molecule has 1 saturated carbocycles. The molecule has 0 unspecified atom stereocenters. The van der Waals surface area contributed by atoms with Crippen LogP contribution < -0.4 is 15.8 Å². The van der Waals surface area contributed by atoms with Gasteiger partial charge in [0.15, 0.2) is 0 Å². The van der Waals surface area contributed by atoms with E-state index in [0.717, 1.165) is 46.4 Å². The van der Waals surface area contributed by atoms with Crippen LogP contribution in [0.5, 0.6) is 11.6 Å². The largest absolute Gasteiger partial charge is 0.439 e. The standard InChI is InChI=1S/C24H17F4N3O2S.CH3NO/c25-17-8-7-16(33-21-10-9-18-23(31-21)34-22(30-18)14-3-4-14)12-19(17)29-20(32)11-13-1-5-15(6-2-13)24(26,27)28;2-1-3/h1-2,5-10,12,14H,3-4,11H2,(H,29,32);1H,(H2,2,3). The number of carbonyl (C=O) groups excluding carboxylic acids is 2. The number of nitrogens with two attached hydrogens (primary N) is 1. The van der Waals surface area contributed by atoms with E-state index in [1.807, 2.05) is 6.07 Å². The lowest BCUT2D eigenvalue weighted by Crippen LogP contribution is -2.15. The molecule has 2 heterocycles. The summed E-state index contributed by atoms with van der Waals surface area (Å²) in [6.07, 6.45) is -2.13. The molecule has 3 N–H and O–H groups in total. The molecule has 2 amide bonds. The van der Waals surface area contributed by atoms with Crippen LogP contribution in [0.2, 0.25) is 0 Å². The van der Waals surface area contributed by atoms with Crippen LogP contribution in [0.15, 0.2) is 54.6 Å². The fraction of sp³-hybridized carbons (Fsp3) is 0.200. The van der Waals surface area contributed by atoms with Crippen LogP contribution in [0.1, 0.15) is 34.9 Å². The molecule has 0 radical (unpaired) electrons. The zero-order chi connectivity index (χ0) is 26.6. The fourth-order valence-corrected chi connectivity index (χ4v) is 4.45. The number of anilines is 1. The average Bonchev–Trinajstić information content (AvgIpc) is 3.61. The van der Waals surface area contributed by atoms with Gasteiger partial charge in [0.05, 0.1) is 22.7 Å². The van der Waals surface area contributed by atoms with Gasteiger partial charge in [-0.3, -0.25) is 9.59 Å². The molecule has 2 aromatic carbocycles. The van der Waals surface area contributed by atoms with E-state index < -0.39 is 23.5 Å². The van der Waals surface area contributed by atoms with E-state index in [9.17, 15) is 22.4 Å². The Bertz CT molecular complexity index is 1420. The Labute approximate surface area is 212 Å². The van der Waals surface area contributed by atoms with Crippen molar-refractivity contribution in [1.82, 2.24) is 9.97 Å². The van der Waals surface area contributed by atoms with Gasteiger partial charge in [-0.25, -0.2) is 14.4 Å². The molecular formula is C25H20F4N4O3S. The number of thiazole rings is 1. The van der Waals surface area contributed by atoms with Gasteiger partial charge in [-0.2, -0.15) is 13.2 Å². The molecule has 5 rings (SSSR count). The molecule has 4 aromatic rings. The summed E-state index contributed by atoms with van der Waals surface area (Å²) >= 11 is 1.53. The summed E-state index contributed by atoms with van der Waals surface area (Å²) in [5.74, 6) is -0.146. The maximum atomic E-state index is 14.3. The van der Waals surface area contributed by atoms with Gasteiger partial charge in [-0.15, -0.1) is 0 Å². The third-order valence-corrected chi connectivity index (χ3v) is 6.38. The SMILES string of the molecule is NC=O.O=C(Cc1ccc(C(F)(F)F)cc1)Nc1cc(Oc2ccc3nc(C4CC4)sc3n2)ccc1F. The molecular weight excluding hydrogens is 512 g/mol. The second-order valence-electron chi connectivity index (χ2n) is 8.10. The van der Waals surface area contributed by atoms with Crippen LogP contribution in [0.4, 0.5) is 23.2 Å². The number of primary amides is 1. The first-order chi connectivity index (χ1) is 17.7. The van der Waals surface area contributed by atoms with E-state index >= 15 is 0 Å². The highest BCUT2D eigenvalue weighted by Crippen LogP contribution is 2.43. The molecule has 0 atom stereocenters. The molecule has 2 aromatic heterocycles. The number of hydrogen-bond acceptors (Lipinski definition) is 6. The first-order valence-corrected chi connectivity index (χ1v) is 11.8. The maximum Gasteiger partial charge on any atom is 0.416 e. The fourth-order valence-electron chi connectivity index (χ4n) is 3.35. The van der Waals surface area contributed by atoms with Crippen molar-refractivity contribution < 1.29 is 31.9 Å². The molecule has 1 fully saturated rings. The number of pyridine rings is 1. The van der Waals surface area contributed by atoms with Crippen LogP contribution in [0.25, 0.3) is 10.3 Å². The molecule has 0 aliphatic heterocycles. The summed E-state index contributed by atoms with van der Waals surface area (Å²) in [5.41, 5.74) is 4.42. The molecule has 0 bridgehead atoms. The molecule has 1 aliphatic carbocycles. The number of hydrogen-bond donors (Lipinski definition) is 2. The van der Waals surface area contributed by atoms with Crippen molar-refractivity contribution in [1.29, 1.82) is 0 Å². The van der Waals surface area contributed by atoms with Crippen LogP contribution in [0.3, 0.4) is 0 Å². The summed E-state index contributed by atoms with van der Waals surface area (Å²) in [6, 6.07) is 11.6. The Morgan fingerprint density at radius 3 is 2.46 bits per heavy atom. The summed E-state index contributed by atoms with van der Waals surface area (Å²) in [4.78, 5) is 30.7. The molecule has 0 spiro atoms. The predicted molar refractivity (Wildman–Crippen MR) is 130 cm³/mol. The quantitative estimate of drug-likeness (QED) is 0.241. The van der Waals surface area contributed by atoms with Crippen LogP contribution in [0, 0.1) is 5.82 Å². The van der Waals surface area contributed by atoms with E-state index in [1.165, 1.54) is 35.6 Å². The normalized spacial score (nSPS) is 13.0. The minimum Gasteiger partial charge on any atom is -0.439 e. The van der Waals surface area contributed by atoms with Crippen LogP contribution in [-0.4, -0.2) is 22.3 Å². The predicted octanol–water partition coefficient (Wildman–Crippen LogP) is 5.80. The molecule has 0 saturated heterocycles. The summed E-state index contributed by atoms with van der Waals surface area (Å²) < 4.78 is 58.1. The Morgan fingerprint density at radius 1 is 1.11 bits per heavy atom. The zero-order valence-corrected chi connectivity index (χ0v) is 19.9. The Kier molecular flexibility index (Phi) is 7.67. The van der Waals surface area contributed by atoms with E-state index in [0.29, 0.717) is 17.4 Å². The van der Waals surface area contributed by atoms with Gasteiger partial charge in [0.25, 0.3) is 0 Å². The van der Waals surface area contributed by atoms with Crippen molar-refractivity contribution in [3.8, 4) is 11.6 Å². The number of fused-ring (bicyclic) bond motifs is 1. The third-order valence-electron chi connectivity index (χ3n) is 5.25. The van der Waals surface area contributed by atoms with Crippen molar-refractivity contribution in [2.45, 2.75) is 31.4 Å². The van der Waals surface area contributed by atoms with Crippen LogP contribution in [-0.2, 0) is 22.2 Å². The number of ether oxygens (including phenoxy) is 1.